The molecule has 1 aromatic carbocycles. The average molecular weight is 260 g/mol. The molecule has 0 saturated heterocycles. The largest absolute Gasteiger partial charge is 0.493 e. The minimum absolute atomic E-state index is 0.124. The third-order valence-electron chi connectivity index (χ3n) is 2.40. The standard InChI is InChI=1S/C13H12N2O4/c1-8-3-6-12(15-14-8)19-10-5-4-9(13(16)17)7-11(10)18-2/h3-7H,1-2H3,(H,16,17). The van der Waals surface area contributed by atoms with Crippen LogP contribution >= 0.6 is 0 Å². The van der Waals surface area contributed by atoms with Crippen LogP contribution < -0.4 is 9.47 Å². The zero-order valence-corrected chi connectivity index (χ0v) is 10.5. The van der Waals surface area contributed by atoms with Crippen LogP contribution in [0.2, 0.25) is 0 Å². The molecule has 0 saturated carbocycles. The van der Waals surface area contributed by atoms with Crippen molar-refractivity contribution in [3.05, 3.63) is 41.6 Å². The Hall–Kier alpha value is -2.63. The van der Waals surface area contributed by atoms with Gasteiger partial charge in [0.05, 0.1) is 18.4 Å². The first-order valence-corrected chi connectivity index (χ1v) is 5.49. The molecule has 6 nitrogen and oxygen atoms in total. The molecule has 1 N–H and O–H groups in total. The first-order chi connectivity index (χ1) is 9.10. The molecular formula is C13H12N2O4. The summed E-state index contributed by atoms with van der Waals surface area (Å²) in [5, 5.41) is 16.6. The normalized spacial score (nSPS) is 10.0. The van der Waals surface area contributed by atoms with Gasteiger partial charge in [0.25, 0.3) is 0 Å². The Balaban J connectivity index is 2.29. The second-order valence-electron chi connectivity index (χ2n) is 3.79. The van der Waals surface area contributed by atoms with E-state index in [-0.39, 0.29) is 5.56 Å². The van der Waals surface area contributed by atoms with E-state index in [9.17, 15) is 4.79 Å². The van der Waals surface area contributed by atoms with E-state index in [1.54, 1.807) is 12.1 Å². The lowest BCUT2D eigenvalue weighted by Crippen LogP contribution is -1.99. The Kier molecular flexibility index (Phi) is 3.61. The zero-order valence-electron chi connectivity index (χ0n) is 10.5. The van der Waals surface area contributed by atoms with E-state index in [4.69, 9.17) is 14.6 Å². The fourth-order valence-electron chi connectivity index (χ4n) is 1.44. The Morgan fingerprint density at radius 3 is 2.53 bits per heavy atom. The lowest BCUT2D eigenvalue weighted by Gasteiger charge is -2.09. The van der Waals surface area contributed by atoms with Gasteiger partial charge >= 0.3 is 5.97 Å². The van der Waals surface area contributed by atoms with Crippen molar-refractivity contribution in [2.24, 2.45) is 0 Å². The minimum atomic E-state index is -1.03. The molecule has 0 atom stereocenters. The van der Waals surface area contributed by atoms with Gasteiger partial charge in [0, 0.05) is 6.07 Å². The SMILES string of the molecule is COc1cc(C(=O)O)ccc1Oc1ccc(C)nn1. The number of aromatic carboxylic acids is 1. The first-order valence-electron chi connectivity index (χ1n) is 5.49. The van der Waals surface area contributed by atoms with Crippen molar-refractivity contribution in [1.82, 2.24) is 10.2 Å². The molecule has 0 spiro atoms. The maximum absolute atomic E-state index is 10.9. The fourth-order valence-corrected chi connectivity index (χ4v) is 1.44. The number of methoxy groups -OCH3 is 1. The summed E-state index contributed by atoms with van der Waals surface area (Å²) in [6.07, 6.45) is 0. The monoisotopic (exact) mass is 260 g/mol. The Morgan fingerprint density at radius 2 is 1.95 bits per heavy atom. The number of hydrogen-bond donors (Lipinski definition) is 1. The summed E-state index contributed by atoms with van der Waals surface area (Å²) in [6, 6.07) is 7.78. The quantitative estimate of drug-likeness (QED) is 0.908. The van der Waals surface area contributed by atoms with Crippen LogP contribution in [0.15, 0.2) is 30.3 Å². The molecule has 19 heavy (non-hydrogen) atoms. The predicted octanol–water partition coefficient (Wildman–Crippen LogP) is 2.28. The molecule has 0 aliphatic heterocycles. The molecule has 1 aromatic heterocycles. The topological polar surface area (TPSA) is 81.5 Å². The number of rotatable bonds is 4. The lowest BCUT2D eigenvalue weighted by atomic mass is 10.2. The van der Waals surface area contributed by atoms with Gasteiger partial charge in [0.2, 0.25) is 5.88 Å². The van der Waals surface area contributed by atoms with E-state index in [2.05, 4.69) is 10.2 Å². The van der Waals surface area contributed by atoms with Crippen molar-refractivity contribution in [1.29, 1.82) is 0 Å². The van der Waals surface area contributed by atoms with Gasteiger partial charge in [-0.05, 0) is 31.2 Å². The van der Waals surface area contributed by atoms with Gasteiger partial charge in [0.1, 0.15) is 0 Å². The predicted molar refractivity (Wildman–Crippen MR) is 66.8 cm³/mol. The summed E-state index contributed by atoms with van der Waals surface area (Å²) >= 11 is 0. The number of carbonyl (C=O) groups is 1. The number of ether oxygens (including phenoxy) is 2. The minimum Gasteiger partial charge on any atom is -0.493 e. The smallest absolute Gasteiger partial charge is 0.335 e. The van der Waals surface area contributed by atoms with Crippen LogP contribution in [0.5, 0.6) is 17.4 Å². The van der Waals surface area contributed by atoms with Crippen LogP contribution in [0.4, 0.5) is 0 Å². The highest BCUT2D eigenvalue weighted by molar-refractivity contribution is 5.88. The number of aryl methyl sites for hydroxylation is 1. The number of nitrogens with zero attached hydrogens (tertiary/aromatic N) is 2. The van der Waals surface area contributed by atoms with Gasteiger partial charge in [-0.15, -0.1) is 5.10 Å². The summed E-state index contributed by atoms with van der Waals surface area (Å²) in [5.74, 6) is -0.0140. The lowest BCUT2D eigenvalue weighted by molar-refractivity contribution is 0.0696. The summed E-state index contributed by atoms with van der Waals surface area (Å²) < 4.78 is 10.6. The van der Waals surface area contributed by atoms with Crippen molar-refractivity contribution in [3.63, 3.8) is 0 Å². The Morgan fingerprint density at radius 1 is 1.16 bits per heavy atom. The maximum atomic E-state index is 10.9. The van der Waals surface area contributed by atoms with Crippen molar-refractivity contribution in [2.75, 3.05) is 7.11 Å². The number of aromatic nitrogens is 2. The molecule has 0 aliphatic carbocycles. The van der Waals surface area contributed by atoms with Crippen LogP contribution in [-0.2, 0) is 0 Å². The van der Waals surface area contributed by atoms with E-state index in [0.717, 1.165) is 5.69 Å². The summed E-state index contributed by atoms with van der Waals surface area (Å²) in [7, 11) is 1.44. The molecule has 0 unspecified atom stereocenters. The zero-order chi connectivity index (χ0) is 13.8. The van der Waals surface area contributed by atoms with Crippen molar-refractivity contribution in [3.8, 4) is 17.4 Å². The van der Waals surface area contributed by atoms with Gasteiger partial charge in [-0.2, -0.15) is 5.10 Å². The van der Waals surface area contributed by atoms with Crippen molar-refractivity contribution in [2.45, 2.75) is 6.92 Å². The molecule has 0 aliphatic rings. The van der Waals surface area contributed by atoms with Crippen LogP contribution in [0.25, 0.3) is 0 Å². The molecule has 0 bridgehead atoms. The van der Waals surface area contributed by atoms with Gasteiger partial charge < -0.3 is 14.6 Å². The number of hydrogen-bond acceptors (Lipinski definition) is 5. The summed E-state index contributed by atoms with van der Waals surface area (Å²) in [5.41, 5.74) is 0.903. The number of benzene rings is 1. The van der Waals surface area contributed by atoms with E-state index in [0.29, 0.717) is 17.4 Å². The van der Waals surface area contributed by atoms with Crippen LogP contribution in [0, 0.1) is 6.92 Å². The summed E-state index contributed by atoms with van der Waals surface area (Å²) in [6.45, 7) is 1.82. The highest BCUT2D eigenvalue weighted by Crippen LogP contribution is 2.31. The maximum Gasteiger partial charge on any atom is 0.335 e. The average Bonchev–Trinajstić information content (AvgIpc) is 2.41. The molecule has 1 heterocycles. The fraction of sp³-hybridized carbons (Fsp3) is 0.154. The van der Waals surface area contributed by atoms with E-state index in [1.807, 2.05) is 6.92 Å². The van der Waals surface area contributed by atoms with E-state index < -0.39 is 5.97 Å². The second kappa shape index (κ2) is 5.34. The molecule has 0 radical (unpaired) electrons. The van der Waals surface area contributed by atoms with Crippen LogP contribution in [0.1, 0.15) is 16.1 Å². The summed E-state index contributed by atoms with van der Waals surface area (Å²) in [4.78, 5) is 10.9. The number of carboxylic acids is 1. The van der Waals surface area contributed by atoms with Gasteiger partial charge in [-0.25, -0.2) is 4.79 Å². The third kappa shape index (κ3) is 2.98. The molecule has 6 heteroatoms. The molecule has 2 aromatic rings. The Bertz CT molecular complexity index is 596. The molecule has 0 fully saturated rings. The van der Waals surface area contributed by atoms with E-state index >= 15 is 0 Å². The second-order valence-corrected chi connectivity index (χ2v) is 3.79. The number of carboxylic acid groups (broad SMARTS) is 1. The first kappa shape index (κ1) is 12.8. The highest BCUT2D eigenvalue weighted by atomic mass is 16.5. The molecular weight excluding hydrogens is 248 g/mol. The highest BCUT2D eigenvalue weighted by Gasteiger charge is 2.11. The Labute approximate surface area is 109 Å². The van der Waals surface area contributed by atoms with Gasteiger partial charge in [-0.1, -0.05) is 0 Å². The van der Waals surface area contributed by atoms with Crippen molar-refractivity contribution >= 4 is 5.97 Å². The van der Waals surface area contributed by atoms with E-state index in [1.165, 1.54) is 25.3 Å². The molecule has 98 valence electrons. The van der Waals surface area contributed by atoms with Gasteiger partial charge in [0.15, 0.2) is 11.5 Å². The van der Waals surface area contributed by atoms with Crippen LogP contribution in [-0.4, -0.2) is 28.4 Å². The molecule has 2 rings (SSSR count). The molecule has 0 amide bonds. The van der Waals surface area contributed by atoms with Gasteiger partial charge in [-0.3, -0.25) is 0 Å². The van der Waals surface area contributed by atoms with Crippen LogP contribution in [0.3, 0.4) is 0 Å². The van der Waals surface area contributed by atoms with Crippen molar-refractivity contribution < 1.29 is 19.4 Å². The third-order valence-corrected chi connectivity index (χ3v) is 2.40.